The molecule has 3 aromatic rings. The summed E-state index contributed by atoms with van der Waals surface area (Å²) in [6.45, 7) is 2.04. The van der Waals surface area contributed by atoms with Crippen molar-refractivity contribution >= 4 is 38.2 Å². The molecule has 0 bridgehead atoms. The highest BCUT2D eigenvalue weighted by Crippen LogP contribution is 2.46. The zero-order valence-corrected chi connectivity index (χ0v) is 18.0. The van der Waals surface area contributed by atoms with E-state index in [0.29, 0.717) is 17.9 Å². The fourth-order valence-electron chi connectivity index (χ4n) is 4.55. The molecule has 1 aliphatic carbocycles. The fraction of sp³-hybridized carbons (Fsp3) is 0.273. The van der Waals surface area contributed by atoms with Gasteiger partial charge in [-0.05, 0) is 58.9 Å². The number of benzene rings is 3. The van der Waals surface area contributed by atoms with Crippen molar-refractivity contribution in [2.24, 2.45) is 0 Å². The number of nitrogens with zero attached hydrogens (tertiary/aromatic N) is 2. The van der Waals surface area contributed by atoms with E-state index < -0.39 is 20.3 Å². The van der Waals surface area contributed by atoms with Crippen LogP contribution in [-0.2, 0) is 22.9 Å². The highest BCUT2D eigenvalue weighted by molar-refractivity contribution is 8.01. The van der Waals surface area contributed by atoms with E-state index in [1.54, 1.807) is 24.8 Å². The molecule has 1 saturated heterocycles. The van der Waals surface area contributed by atoms with Crippen molar-refractivity contribution in [2.75, 3.05) is 12.3 Å². The molecule has 2 aliphatic rings. The van der Waals surface area contributed by atoms with Gasteiger partial charge in [0.05, 0.1) is 10.3 Å². The number of sulfonamides is 1. The van der Waals surface area contributed by atoms with Crippen molar-refractivity contribution in [3.8, 4) is 0 Å². The van der Waals surface area contributed by atoms with Crippen LogP contribution in [0.1, 0.15) is 27.6 Å². The first-order chi connectivity index (χ1) is 14.4. The van der Waals surface area contributed by atoms with E-state index in [1.165, 1.54) is 33.0 Å². The Kier molecular flexibility index (Phi) is 4.61. The average Bonchev–Trinajstić information content (AvgIpc) is 3.37. The van der Waals surface area contributed by atoms with Gasteiger partial charge < -0.3 is 0 Å². The topological polar surface area (TPSA) is 80.5 Å². The highest BCUT2D eigenvalue weighted by Gasteiger charge is 2.40. The van der Waals surface area contributed by atoms with Crippen LogP contribution in [0.4, 0.5) is 5.69 Å². The Hall–Kier alpha value is -2.42. The second kappa shape index (κ2) is 7.08. The van der Waals surface area contributed by atoms with Crippen molar-refractivity contribution in [3.63, 3.8) is 0 Å². The Morgan fingerprint density at radius 1 is 1.10 bits per heavy atom. The molecule has 0 amide bonds. The van der Waals surface area contributed by atoms with Crippen molar-refractivity contribution in [1.82, 2.24) is 4.31 Å². The van der Waals surface area contributed by atoms with Crippen LogP contribution in [0.25, 0.3) is 10.8 Å². The van der Waals surface area contributed by atoms with Gasteiger partial charge in [-0.3, -0.25) is 10.1 Å². The molecule has 30 heavy (non-hydrogen) atoms. The molecule has 3 aromatic carbocycles. The van der Waals surface area contributed by atoms with Crippen molar-refractivity contribution in [1.29, 1.82) is 0 Å². The smallest absolute Gasteiger partial charge is 0.258 e. The Morgan fingerprint density at radius 2 is 1.87 bits per heavy atom. The zero-order chi connectivity index (χ0) is 21.0. The highest BCUT2D eigenvalue weighted by atomic mass is 32.2. The molecule has 1 atom stereocenters. The van der Waals surface area contributed by atoms with E-state index in [1.807, 2.05) is 12.1 Å². The van der Waals surface area contributed by atoms with E-state index in [0.717, 1.165) is 23.8 Å². The van der Waals surface area contributed by atoms with Gasteiger partial charge in [0.25, 0.3) is 15.7 Å². The number of thioether (sulfide) groups is 1. The van der Waals surface area contributed by atoms with Gasteiger partial charge in [0, 0.05) is 18.4 Å². The van der Waals surface area contributed by atoms with Gasteiger partial charge in [0.2, 0.25) is 0 Å². The molecular formula is C22H20N2O4S2. The van der Waals surface area contributed by atoms with Crippen molar-refractivity contribution < 1.29 is 13.3 Å². The second-order valence-electron chi connectivity index (χ2n) is 7.72. The van der Waals surface area contributed by atoms with Gasteiger partial charge in [0.1, 0.15) is 0 Å². The molecule has 0 radical (unpaired) electrons. The lowest BCUT2D eigenvalue weighted by atomic mass is 10.00. The molecule has 1 fully saturated rings. The molecule has 154 valence electrons. The van der Waals surface area contributed by atoms with Crippen LogP contribution in [0.5, 0.6) is 0 Å². The Labute approximate surface area is 179 Å². The predicted molar refractivity (Wildman–Crippen MR) is 118 cm³/mol. The number of hydrogen-bond acceptors (Lipinski definition) is 5. The molecule has 0 saturated carbocycles. The Balaban J connectivity index is 1.64. The third-order valence-corrected chi connectivity index (χ3v) is 9.21. The third kappa shape index (κ3) is 2.93. The van der Waals surface area contributed by atoms with Crippen LogP contribution in [-0.4, -0.2) is 29.9 Å². The lowest BCUT2D eigenvalue weighted by Gasteiger charge is -2.25. The molecule has 0 spiro atoms. The Morgan fingerprint density at radius 3 is 2.63 bits per heavy atom. The summed E-state index contributed by atoms with van der Waals surface area (Å²) in [5.41, 5.74) is 3.84. The number of rotatable bonds is 4. The summed E-state index contributed by atoms with van der Waals surface area (Å²) in [5, 5.41) is 13.5. The number of nitro benzene ring substituents is 1. The van der Waals surface area contributed by atoms with Gasteiger partial charge in [-0.1, -0.05) is 36.4 Å². The number of nitro groups is 1. The van der Waals surface area contributed by atoms with Crippen LogP contribution in [0.3, 0.4) is 0 Å². The Bertz CT molecular complexity index is 1290. The fourth-order valence-corrected chi connectivity index (χ4v) is 7.95. The molecule has 8 heteroatoms. The van der Waals surface area contributed by atoms with Gasteiger partial charge >= 0.3 is 0 Å². The molecule has 0 aromatic heterocycles. The normalized spacial score (nSPS) is 18.9. The molecule has 6 nitrogen and oxygen atoms in total. The first kappa shape index (κ1) is 19.5. The summed E-state index contributed by atoms with van der Waals surface area (Å²) in [6, 6.07) is 14.6. The van der Waals surface area contributed by atoms with Crippen LogP contribution >= 0.6 is 11.8 Å². The molecule has 5 rings (SSSR count). The maximum absolute atomic E-state index is 13.5. The van der Waals surface area contributed by atoms with E-state index >= 15 is 0 Å². The van der Waals surface area contributed by atoms with Crippen LogP contribution < -0.4 is 0 Å². The van der Waals surface area contributed by atoms with Gasteiger partial charge in [-0.15, -0.1) is 11.8 Å². The summed E-state index contributed by atoms with van der Waals surface area (Å²) in [7, 11) is -4.03. The van der Waals surface area contributed by atoms with E-state index in [4.69, 9.17) is 0 Å². The molecule has 1 aliphatic heterocycles. The SMILES string of the molecule is Cc1ccc(S(=O)(=O)N2CCSC2c2ccc3c4c(cccc24)CC3)c([N+](=O)[O-])c1. The lowest BCUT2D eigenvalue weighted by Crippen LogP contribution is -2.31. The van der Waals surface area contributed by atoms with Crippen LogP contribution in [0.15, 0.2) is 53.4 Å². The van der Waals surface area contributed by atoms with Crippen molar-refractivity contribution in [2.45, 2.75) is 30.0 Å². The van der Waals surface area contributed by atoms with E-state index in [-0.39, 0.29) is 10.6 Å². The maximum Gasteiger partial charge on any atom is 0.289 e. The largest absolute Gasteiger partial charge is 0.289 e. The minimum absolute atomic E-state index is 0.239. The predicted octanol–water partition coefficient (Wildman–Crippen LogP) is 4.59. The van der Waals surface area contributed by atoms with Gasteiger partial charge in [-0.25, -0.2) is 8.42 Å². The standard InChI is InChI=1S/C22H20N2O4S2/c1-14-5-10-20(19(13-14)24(25)26)30(27,28)23-11-12-29-22(23)18-9-8-16-7-6-15-3-2-4-17(18)21(15)16/h2-5,8-10,13,22H,6-7,11-12H2,1H3. The monoisotopic (exact) mass is 440 g/mol. The number of hydrogen-bond donors (Lipinski definition) is 0. The van der Waals surface area contributed by atoms with E-state index in [9.17, 15) is 18.5 Å². The van der Waals surface area contributed by atoms with E-state index in [2.05, 4.69) is 18.2 Å². The minimum Gasteiger partial charge on any atom is -0.258 e. The van der Waals surface area contributed by atoms with Crippen LogP contribution in [0.2, 0.25) is 0 Å². The maximum atomic E-state index is 13.5. The summed E-state index contributed by atoms with van der Waals surface area (Å²) < 4.78 is 28.5. The average molecular weight is 441 g/mol. The minimum atomic E-state index is -4.03. The van der Waals surface area contributed by atoms with Crippen LogP contribution in [0, 0.1) is 17.0 Å². The van der Waals surface area contributed by atoms with Crippen molar-refractivity contribution in [3.05, 3.63) is 80.9 Å². The first-order valence-corrected chi connectivity index (χ1v) is 12.3. The molecular weight excluding hydrogens is 420 g/mol. The second-order valence-corrected chi connectivity index (χ2v) is 10.8. The summed E-state index contributed by atoms with van der Waals surface area (Å²) in [6.07, 6.45) is 2.01. The quantitative estimate of drug-likeness (QED) is 0.438. The molecule has 0 N–H and O–H groups in total. The first-order valence-electron chi connectivity index (χ1n) is 9.80. The zero-order valence-electron chi connectivity index (χ0n) is 16.4. The lowest BCUT2D eigenvalue weighted by molar-refractivity contribution is -0.387. The number of aryl methyl sites for hydroxylation is 3. The molecule has 1 heterocycles. The third-order valence-electron chi connectivity index (χ3n) is 5.92. The summed E-state index contributed by atoms with van der Waals surface area (Å²) >= 11 is 1.57. The van der Waals surface area contributed by atoms with Gasteiger partial charge in [-0.2, -0.15) is 4.31 Å². The molecule has 1 unspecified atom stereocenters. The van der Waals surface area contributed by atoms with Gasteiger partial charge in [0.15, 0.2) is 4.90 Å². The summed E-state index contributed by atoms with van der Waals surface area (Å²) in [4.78, 5) is 10.7. The summed E-state index contributed by atoms with van der Waals surface area (Å²) in [5.74, 6) is 0.645.